The van der Waals surface area contributed by atoms with Crippen molar-refractivity contribution in [3.05, 3.63) is 29.6 Å². The zero-order chi connectivity index (χ0) is 12.5. The molecule has 94 valence electrons. The van der Waals surface area contributed by atoms with Crippen molar-refractivity contribution >= 4 is 5.91 Å². The number of methoxy groups -OCH3 is 1. The van der Waals surface area contributed by atoms with Gasteiger partial charge < -0.3 is 15.4 Å². The second-order valence-electron chi connectivity index (χ2n) is 3.82. The summed E-state index contributed by atoms with van der Waals surface area (Å²) in [5.74, 6) is -0.0253. The highest BCUT2D eigenvalue weighted by Gasteiger charge is 2.00. The third-order valence-corrected chi connectivity index (χ3v) is 2.17. The van der Waals surface area contributed by atoms with Crippen molar-refractivity contribution < 1.29 is 9.53 Å². The highest BCUT2D eigenvalue weighted by atomic mass is 16.5. The Hall–Kier alpha value is -1.46. The van der Waals surface area contributed by atoms with Crippen molar-refractivity contribution in [2.45, 2.75) is 13.5 Å². The molecule has 0 unspecified atom stereocenters. The van der Waals surface area contributed by atoms with Crippen LogP contribution in [0.3, 0.4) is 0 Å². The van der Waals surface area contributed by atoms with Crippen LogP contribution in [-0.2, 0) is 16.1 Å². The smallest absolute Gasteiger partial charge is 0.234 e. The number of hydrogen-bond acceptors (Lipinski definition) is 4. The molecule has 1 rings (SSSR count). The van der Waals surface area contributed by atoms with E-state index in [9.17, 15) is 4.79 Å². The van der Waals surface area contributed by atoms with Crippen LogP contribution in [0, 0.1) is 6.92 Å². The molecule has 0 saturated heterocycles. The van der Waals surface area contributed by atoms with Gasteiger partial charge in [-0.3, -0.25) is 9.78 Å². The summed E-state index contributed by atoms with van der Waals surface area (Å²) in [5.41, 5.74) is 2.20. The van der Waals surface area contributed by atoms with Gasteiger partial charge in [0.15, 0.2) is 0 Å². The standard InChI is InChI=1S/C12H19N3O2/c1-10-5-11(7-13-6-10)8-14-9-12(16)15-3-4-17-2/h5-7,14H,3-4,8-9H2,1-2H3,(H,15,16). The molecule has 0 saturated carbocycles. The summed E-state index contributed by atoms with van der Waals surface area (Å²) in [7, 11) is 1.61. The lowest BCUT2D eigenvalue weighted by Gasteiger charge is -2.06. The van der Waals surface area contributed by atoms with Gasteiger partial charge in [-0.15, -0.1) is 0 Å². The second-order valence-corrected chi connectivity index (χ2v) is 3.82. The zero-order valence-corrected chi connectivity index (χ0v) is 10.3. The summed E-state index contributed by atoms with van der Waals surface area (Å²) in [6, 6.07) is 2.04. The van der Waals surface area contributed by atoms with E-state index < -0.39 is 0 Å². The topological polar surface area (TPSA) is 63.2 Å². The van der Waals surface area contributed by atoms with Crippen LogP contribution in [0.4, 0.5) is 0 Å². The number of rotatable bonds is 7. The maximum Gasteiger partial charge on any atom is 0.234 e. The molecule has 1 aromatic rings. The third kappa shape index (κ3) is 5.99. The van der Waals surface area contributed by atoms with E-state index >= 15 is 0 Å². The van der Waals surface area contributed by atoms with E-state index in [2.05, 4.69) is 15.6 Å². The fourth-order valence-corrected chi connectivity index (χ4v) is 1.39. The molecule has 5 heteroatoms. The fourth-order valence-electron chi connectivity index (χ4n) is 1.39. The minimum Gasteiger partial charge on any atom is -0.383 e. The van der Waals surface area contributed by atoms with Crippen molar-refractivity contribution in [3.63, 3.8) is 0 Å². The number of hydrogen-bond donors (Lipinski definition) is 2. The molecular weight excluding hydrogens is 218 g/mol. The lowest BCUT2D eigenvalue weighted by atomic mass is 10.2. The number of carbonyl (C=O) groups is 1. The van der Waals surface area contributed by atoms with E-state index in [1.54, 1.807) is 19.5 Å². The van der Waals surface area contributed by atoms with Crippen molar-refractivity contribution in [2.24, 2.45) is 0 Å². The monoisotopic (exact) mass is 237 g/mol. The molecule has 0 radical (unpaired) electrons. The quantitative estimate of drug-likeness (QED) is 0.667. The molecular formula is C12H19N3O2. The summed E-state index contributed by atoms with van der Waals surface area (Å²) in [5, 5.41) is 5.80. The van der Waals surface area contributed by atoms with Gasteiger partial charge in [0, 0.05) is 32.6 Å². The van der Waals surface area contributed by atoms with Crippen molar-refractivity contribution in [1.82, 2.24) is 15.6 Å². The van der Waals surface area contributed by atoms with Crippen LogP contribution in [0.15, 0.2) is 18.5 Å². The van der Waals surface area contributed by atoms with E-state index in [1.165, 1.54) is 0 Å². The molecule has 1 amide bonds. The van der Waals surface area contributed by atoms with Crippen LogP contribution in [-0.4, -0.2) is 37.7 Å². The Morgan fingerprint density at radius 3 is 3.00 bits per heavy atom. The maximum atomic E-state index is 11.3. The molecule has 0 aliphatic rings. The number of carbonyl (C=O) groups excluding carboxylic acids is 1. The molecule has 0 aliphatic heterocycles. The van der Waals surface area contributed by atoms with Crippen LogP contribution < -0.4 is 10.6 Å². The number of nitrogens with zero attached hydrogens (tertiary/aromatic N) is 1. The van der Waals surface area contributed by atoms with Gasteiger partial charge in [0.1, 0.15) is 0 Å². The van der Waals surface area contributed by atoms with E-state index in [0.29, 0.717) is 26.2 Å². The van der Waals surface area contributed by atoms with Crippen LogP contribution in [0.25, 0.3) is 0 Å². The highest BCUT2D eigenvalue weighted by Crippen LogP contribution is 1.99. The summed E-state index contributed by atoms with van der Waals surface area (Å²) in [6.07, 6.45) is 3.60. The average molecular weight is 237 g/mol. The lowest BCUT2D eigenvalue weighted by molar-refractivity contribution is -0.120. The first kappa shape index (κ1) is 13.6. The predicted octanol–water partition coefficient (Wildman–Crippen LogP) is 0.242. The first-order valence-electron chi connectivity index (χ1n) is 5.59. The van der Waals surface area contributed by atoms with Crippen LogP contribution in [0.5, 0.6) is 0 Å². The van der Waals surface area contributed by atoms with Gasteiger partial charge in [0.2, 0.25) is 5.91 Å². The molecule has 0 fully saturated rings. The largest absolute Gasteiger partial charge is 0.383 e. The van der Waals surface area contributed by atoms with Gasteiger partial charge in [0.05, 0.1) is 13.2 Å². The van der Waals surface area contributed by atoms with Gasteiger partial charge in [0.25, 0.3) is 0 Å². The van der Waals surface area contributed by atoms with E-state index in [1.807, 2.05) is 13.0 Å². The minimum absolute atomic E-state index is 0.0253. The van der Waals surface area contributed by atoms with Gasteiger partial charge in [-0.1, -0.05) is 6.07 Å². The van der Waals surface area contributed by atoms with Crippen molar-refractivity contribution in [2.75, 3.05) is 26.8 Å². The number of aromatic nitrogens is 1. The van der Waals surface area contributed by atoms with Crippen molar-refractivity contribution in [3.8, 4) is 0 Å². The summed E-state index contributed by atoms with van der Waals surface area (Å²) >= 11 is 0. The molecule has 0 atom stereocenters. The third-order valence-electron chi connectivity index (χ3n) is 2.17. The Labute approximate surface area is 102 Å². The molecule has 0 aliphatic carbocycles. The Bertz CT molecular complexity index is 355. The van der Waals surface area contributed by atoms with Crippen LogP contribution >= 0.6 is 0 Å². The normalized spacial score (nSPS) is 10.2. The first-order chi connectivity index (χ1) is 8.22. The number of pyridine rings is 1. The molecule has 1 aromatic heterocycles. The molecule has 17 heavy (non-hydrogen) atoms. The Kier molecular flexibility index (Phi) is 6.21. The number of nitrogens with one attached hydrogen (secondary N) is 2. The molecule has 0 spiro atoms. The summed E-state index contributed by atoms with van der Waals surface area (Å²) in [4.78, 5) is 15.4. The van der Waals surface area contributed by atoms with E-state index in [0.717, 1.165) is 11.1 Å². The fraction of sp³-hybridized carbons (Fsp3) is 0.500. The Morgan fingerprint density at radius 1 is 1.47 bits per heavy atom. The number of amides is 1. The van der Waals surface area contributed by atoms with E-state index in [-0.39, 0.29) is 5.91 Å². The van der Waals surface area contributed by atoms with Gasteiger partial charge in [-0.2, -0.15) is 0 Å². The average Bonchev–Trinajstić information content (AvgIpc) is 2.29. The second kappa shape index (κ2) is 7.76. The molecule has 2 N–H and O–H groups in total. The molecule has 5 nitrogen and oxygen atoms in total. The minimum atomic E-state index is -0.0253. The highest BCUT2D eigenvalue weighted by molar-refractivity contribution is 5.77. The Balaban J connectivity index is 2.17. The summed E-state index contributed by atoms with van der Waals surface area (Å²) in [6.45, 7) is 4.02. The first-order valence-corrected chi connectivity index (χ1v) is 5.59. The molecule has 0 aromatic carbocycles. The maximum absolute atomic E-state index is 11.3. The van der Waals surface area contributed by atoms with Crippen LogP contribution in [0.1, 0.15) is 11.1 Å². The van der Waals surface area contributed by atoms with Gasteiger partial charge in [-0.25, -0.2) is 0 Å². The van der Waals surface area contributed by atoms with Gasteiger partial charge in [-0.05, 0) is 18.1 Å². The number of ether oxygens (including phenoxy) is 1. The van der Waals surface area contributed by atoms with Crippen molar-refractivity contribution in [1.29, 1.82) is 0 Å². The lowest BCUT2D eigenvalue weighted by Crippen LogP contribution is -2.35. The van der Waals surface area contributed by atoms with E-state index in [4.69, 9.17) is 4.74 Å². The molecule has 0 bridgehead atoms. The number of aryl methyl sites for hydroxylation is 1. The van der Waals surface area contributed by atoms with Crippen LogP contribution in [0.2, 0.25) is 0 Å². The zero-order valence-electron chi connectivity index (χ0n) is 10.3. The SMILES string of the molecule is COCCNC(=O)CNCc1cncc(C)c1. The van der Waals surface area contributed by atoms with Gasteiger partial charge >= 0.3 is 0 Å². The Morgan fingerprint density at radius 2 is 2.29 bits per heavy atom. The predicted molar refractivity (Wildman–Crippen MR) is 65.6 cm³/mol. The summed E-state index contributed by atoms with van der Waals surface area (Å²) < 4.78 is 4.84. The molecule has 1 heterocycles.